The van der Waals surface area contributed by atoms with Crippen molar-refractivity contribution in [2.75, 3.05) is 6.61 Å². The van der Waals surface area contributed by atoms with Crippen molar-refractivity contribution in [1.29, 1.82) is 0 Å². The topological polar surface area (TPSA) is 66.8 Å². The Bertz CT molecular complexity index is 1170. The van der Waals surface area contributed by atoms with Gasteiger partial charge in [-0.25, -0.2) is 0 Å². The lowest BCUT2D eigenvalue weighted by molar-refractivity contribution is -0.202. The van der Waals surface area contributed by atoms with Gasteiger partial charge in [0.25, 0.3) is 0 Å². The van der Waals surface area contributed by atoms with Gasteiger partial charge in [0.2, 0.25) is 0 Å². The minimum absolute atomic E-state index is 0.345. The molecule has 0 saturated carbocycles. The van der Waals surface area contributed by atoms with Crippen molar-refractivity contribution in [2.24, 2.45) is 0 Å². The highest BCUT2D eigenvalue weighted by Gasteiger charge is 2.49. The zero-order valence-electron chi connectivity index (χ0n) is 58.7. The van der Waals surface area contributed by atoms with Crippen LogP contribution in [0.3, 0.4) is 0 Å². The first-order valence-corrected chi connectivity index (χ1v) is 39.4. The molecule has 0 bridgehead atoms. The summed E-state index contributed by atoms with van der Waals surface area (Å²) in [5.41, 5.74) is -1.07. The highest BCUT2D eigenvalue weighted by atomic mass is 16.5. The van der Waals surface area contributed by atoms with Crippen LogP contribution in [0, 0.1) is 0 Å². The summed E-state index contributed by atoms with van der Waals surface area (Å²) in [5.74, 6) is -0.653. The van der Waals surface area contributed by atoms with Crippen LogP contribution in [0.15, 0.2) is 0 Å². The van der Waals surface area contributed by atoms with E-state index in [2.05, 4.69) is 41.5 Å². The van der Waals surface area contributed by atoms with E-state index in [1.54, 1.807) is 0 Å². The molecule has 0 saturated heterocycles. The van der Waals surface area contributed by atoms with E-state index in [1.807, 2.05) is 0 Å². The van der Waals surface area contributed by atoms with Gasteiger partial charge in [-0.3, -0.25) is 4.79 Å². The molecule has 2 N–H and O–H groups in total. The van der Waals surface area contributed by atoms with E-state index >= 15 is 0 Å². The Balaban J connectivity index is 0. The van der Waals surface area contributed by atoms with Crippen LogP contribution in [0.5, 0.6) is 0 Å². The minimum atomic E-state index is -0.698. The zero-order chi connectivity index (χ0) is 60.8. The number of aliphatic carboxylic acids is 1. The Hall–Kier alpha value is -0.610. The molecule has 0 aliphatic rings. The third-order valence-electron chi connectivity index (χ3n) is 19.2. The average molecular weight is 1170 g/mol. The fourth-order valence-corrected chi connectivity index (χ4v) is 13.4. The van der Waals surface area contributed by atoms with Crippen LogP contribution in [-0.2, 0) is 9.53 Å². The number of aliphatic hydroxyl groups is 1. The number of unbranched alkanes of at least 4 members (excludes halogenated alkanes) is 58. The van der Waals surface area contributed by atoms with Crippen molar-refractivity contribution in [3.8, 4) is 0 Å². The van der Waals surface area contributed by atoms with Crippen molar-refractivity contribution in [2.45, 2.75) is 496 Å². The SMILES string of the molecule is CCCCCCCCCCCCCCCCCC(=O)O.CCCCCCCCCCCCCCCCCCC(O)(CCCCCCCC)C(CCCCCCCCCC)(CCCCCCCCCCCCCCCCCC)OCCCCC. The molecule has 2 unspecified atom stereocenters. The van der Waals surface area contributed by atoms with E-state index in [9.17, 15) is 9.90 Å². The minimum Gasteiger partial charge on any atom is -0.481 e. The Labute approximate surface area is 525 Å². The molecular weight excluding hydrogens is 1010 g/mol. The van der Waals surface area contributed by atoms with Gasteiger partial charge in [-0.2, -0.15) is 0 Å². The number of carbonyl (C=O) groups is 1. The van der Waals surface area contributed by atoms with Crippen molar-refractivity contribution < 1.29 is 19.7 Å². The molecule has 0 aromatic heterocycles. The van der Waals surface area contributed by atoms with Crippen molar-refractivity contribution in [3.63, 3.8) is 0 Å². The number of rotatable bonds is 72. The van der Waals surface area contributed by atoms with Gasteiger partial charge >= 0.3 is 5.97 Å². The van der Waals surface area contributed by atoms with Gasteiger partial charge in [0.05, 0.1) is 11.2 Å². The molecule has 4 nitrogen and oxygen atoms in total. The average Bonchev–Trinajstić information content (AvgIpc) is 3.68. The second kappa shape index (κ2) is 72.1. The van der Waals surface area contributed by atoms with E-state index in [-0.39, 0.29) is 5.60 Å². The molecule has 0 spiro atoms. The largest absolute Gasteiger partial charge is 0.481 e. The number of carboxylic acid groups (broad SMARTS) is 1. The lowest BCUT2D eigenvalue weighted by atomic mass is 9.70. The van der Waals surface area contributed by atoms with Crippen LogP contribution in [0.25, 0.3) is 0 Å². The zero-order valence-corrected chi connectivity index (χ0v) is 58.7. The Morgan fingerprint density at radius 3 is 0.614 bits per heavy atom. The first-order valence-electron chi connectivity index (χ1n) is 39.4. The predicted molar refractivity (Wildman–Crippen MR) is 374 cm³/mol. The maximum atomic E-state index is 13.3. The summed E-state index contributed by atoms with van der Waals surface area (Å²) in [6, 6.07) is 0. The molecule has 0 radical (unpaired) electrons. The number of ether oxygens (including phenoxy) is 1. The van der Waals surface area contributed by atoms with E-state index in [0.29, 0.717) is 6.42 Å². The Morgan fingerprint density at radius 1 is 0.241 bits per heavy atom. The third-order valence-corrected chi connectivity index (χ3v) is 19.2. The van der Waals surface area contributed by atoms with Crippen LogP contribution in [0.1, 0.15) is 485 Å². The fraction of sp³-hybridized carbons (Fsp3) is 0.987. The van der Waals surface area contributed by atoms with E-state index in [0.717, 1.165) is 58.0 Å². The molecule has 0 heterocycles. The van der Waals surface area contributed by atoms with Crippen LogP contribution in [0.2, 0.25) is 0 Å². The second-order valence-corrected chi connectivity index (χ2v) is 27.5. The summed E-state index contributed by atoms with van der Waals surface area (Å²) in [7, 11) is 0. The summed E-state index contributed by atoms with van der Waals surface area (Å²) >= 11 is 0. The Kier molecular flexibility index (Phi) is 73.4. The van der Waals surface area contributed by atoms with Gasteiger partial charge in [0, 0.05) is 13.0 Å². The monoisotopic (exact) mass is 1170 g/mol. The molecule has 0 rings (SSSR count). The van der Waals surface area contributed by atoms with Crippen molar-refractivity contribution >= 4 is 5.97 Å². The third kappa shape index (κ3) is 62.8. The first-order chi connectivity index (χ1) is 40.8. The number of carboxylic acids is 1. The van der Waals surface area contributed by atoms with E-state index in [4.69, 9.17) is 9.84 Å². The smallest absolute Gasteiger partial charge is 0.303 e. The van der Waals surface area contributed by atoms with Gasteiger partial charge in [0.1, 0.15) is 0 Å². The van der Waals surface area contributed by atoms with Crippen molar-refractivity contribution in [3.05, 3.63) is 0 Å². The summed E-state index contributed by atoms with van der Waals surface area (Å²) < 4.78 is 7.31. The van der Waals surface area contributed by atoms with E-state index in [1.165, 1.54) is 385 Å². The lowest BCUT2D eigenvalue weighted by Crippen LogP contribution is -2.56. The fourth-order valence-electron chi connectivity index (χ4n) is 13.4. The van der Waals surface area contributed by atoms with Crippen LogP contribution in [0.4, 0.5) is 0 Å². The molecule has 4 heteroatoms. The maximum absolute atomic E-state index is 13.3. The van der Waals surface area contributed by atoms with Gasteiger partial charge in [-0.05, 0) is 38.5 Å². The molecule has 0 amide bonds. The summed E-state index contributed by atoms with van der Waals surface area (Å²) in [5, 5.41) is 21.8. The molecule has 0 fully saturated rings. The highest BCUT2D eigenvalue weighted by molar-refractivity contribution is 5.66. The molecule has 0 aliphatic heterocycles. The molecule has 0 aromatic carbocycles. The number of hydrogen-bond acceptors (Lipinski definition) is 3. The van der Waals surface area contributed by atoms with Crippen LogP contribution < -0.4 is 0 Å². The first kappa shape index (κ1) is 84.5. The molecule has 500 valence electrons. The summed E-state index contributed by atoms with van der Waals surface area (Å²) in [4.78, 5) is 10.3. The lowest BCUT2D eigenvalue weighted by Gasteiger charge is -2.48. The molecule has 83 heavy (non-hydrogen) atoms. The molecule has 0 aromatic rings. The van der Waals surface area contributed by atoms with Gasteiger partial charge < -0.3 is 14.9 Å². The standard InChI is InChI=1S/C61H124O2.C18H36O2/c1-6-11-16-20-24-27-29-31-33-35-37-39-41-43-47-51-56-60(62,55-50-46-23-19-14-9-4)61(63-59-54-15-10-5,57-52-48-44-26-22-18-13-8-3)58-53-49-45-42-40-38-36-34-32-30-28-25-21-17-12-7-2;1-2-3-4-5-6-7-8-9-10-11-12-13-14-15-16-17-18(19)20/h62H,6-59H2,1-5H3;2-17H2,1H3,(H,19,20). The molecular formula is C79H160O4. The maximum Gasteiger partial charge on any atom is 0.303 e. The van der Waals surface area contributed by atoms with Crippen molar-refractivity contribution in [1.82, 2.24) is 0 Å². The van der Waals surface area contributed by atoms with Gasteiger partial charge in [0.15, 0.2) is 0 Å². The summed E-state index contributed by atoms with van der Waals surface area (Å²) in [6.45, 7) is 14.7. The van der Waals surface area contributed by atoms with Gasteiger partial charge in [-0.15, -0.1) is 0 Å². The Morgan fingerprint density at radius 2 is 0.410 bits per heavy atom. The molecule has 2 atom stereocenters. The second-order valence-electron chi connectivity index (χ2n) is 27.5. The quantitative estimate of drug-likeness (QED) is 0.0596. The number of hydrogen-bond donors (Lipinski definition) is 2. The predicted octanol–water partition coefficient (Wildman–Crippen LogP) is 28.6. The summed E-state index contributed by atoms with van der Waals surface area (Å²) in [6.07, 6.45) is 91.2. The normalized spacial score (nSPS) is 13.1. The van der Waals surface area contributed by atoms with Crippen LogP contribution in [-0.4, -0.2) is 34.0 Å². The van der Waals surface area contributed by atoms with E-state index < -0.39 is 11.6 Å². The molecule has 0 aliphatic carbocycles. The van der Waals surface area contributed by atoms with Gasteiger partial charge in [-0.1, -0.05) is 440 Å². The van der Waals surface area contributed by atoms with Crippen LogP contribution >= 0.6 is 0 Å². The highest BCUT2D eigenvalue weighted by Crippen LogP contribution is 2.44.